The van der Waals surface area contributed by atoms with E-state index in [2.05, 4.69) is 34.7 Å². The molecule has 5 heteroatoms. The molecule has 0 unspecified atom stereocenters. The molecule has 0 aromatic carbocycles. The number of hydrogen-bond donors (Lipinski definition) is 2. The third-order valence-electron chi connectivity index (χ3n) is 2.41. The van der Waals surface area contributed by atoms with Crippen LogP contribution in [0.2, 0.25) is 0 Å². The minimum absolute atomic E-state index is 0.200. The fraction of sp³-hybridized carbons (Fsp3) is 0.643. The lowest BCUT2D eigenvalue weighted by Crippen LogP contribution is -2.41. The van der Waals surface area contributed by atoms with Gasteiger partial charge in [-0.25, -0.2) is 0 Å². The van der Waals surface area contributed by atoms with Gasteiger partial charge in [0.2, 0.25) is 0 Å². The molecule has 19 heavy (non-hydrogen) atoms. The molecule has 0 saturated carbocycles. The van der Waals surface area contributed by atoms with Crippen molar-refractivity contribution in [1.82, 2.24) is 15.5 Å². The van der Waals surface area contributed by atoms with Crippen LogP contribution in [0.4, 0.5) is 5.82 Å². The largest absolute Gasteiger partial charge is 0.369 e. The number of carbonyl (C=O) groups is 1. The van der Waals surface area contributed by atoms with Gasteiger partial charge in [0.25, 0.3) is 5.91 Å². The predicted molar refractivity (Wildman–Crippen MR) is 77.2 cm³/mol. The minimum Gasteiger partial charge on any atom is -0.369 e. The molecule has 1 aromatic heterocycles. The summed E-state index contributed by atoms with van der Waals surface area (Å²) in [4.78, 5) is 11.8. The molecular formula is C14H24N4O. The van der Waals surface area contributed by atoms with Crippen LogP contribution in [0.3, 0.4) is 0 Å². The van der Waals surface area contributed by atoms with Crippen molar-refractivity contribution in [3.63, 3.8) is 0 Å². The zero-order valence-corrected chi connectivity index (χ0v) is 12.4. The average molecular weight is 264 g/mol. The van der Waals surface area contributed by atoms with Gasteiger partial charge in [-0.1, -0.05) is 13.8 Å². The van der Waals surface area contributed by atoms with Gasteiger partial charge in [0.05, 0.1) is 0 Å². The summed E-state index contributed by atoms with van der Waals surface area (Å²) in [5, 5.41) is 14.0. The second-order valence-electron chi connectivity index (χ2n) is 6.12. The highest BCUT2D eigenvalue weighted by Gasteiger charge is 2.16. The van der Waals surface area contributed by atoms with Crippen molar-refractivity contribution in [2.75, 3.05) is 11.9 Å². The van der Waals surface area contributed by atoms with E-state index in [0.29, 0.717) is 17.4 Å². The Hall–Kier alpha value is -1.65. The summed E-state index contributed by atoms with van der Waals surface area (Å²) in [7, 11) is 0. The fourth-order valence-electron chi connectivity index (χ4n) is 1.44. The molecule has 1 amide bonds. The van der Waals surface area contributed by atoms with Crippen LogP contribution in [-0.4, -0.2) is 28.2 Å². The predicted octanol–water partition coefficient (Wildman–Crippen LogP) is 2.46. The lowest BCUT2D eigenvalue weighted by Gasteiger charge is -2.19. The van der Waals surface area contributed by atoms with E-state index in [0.717, 1.165) is 13.0 Å². The normalized spacial score (nSPS) is 11.5. The van der Waals surface area contributed by atoms with Gasteiger partial charge < -0.3 is 10.6 Å². The standard InChI is InChI=1S/C14H24N4O/c1-10(2)8-9-15-12-7-6-11(17-18-12)13(19)16-14(3,4)5/h6-7,10H,8-9H2,1-5H3,(H,15,18)(H,16,19). The first-order valence-corrected chi connectivity index (χ1v) is 6.68. The van der Waals surface area contributed by atoms with Crippen molar-refractivity contribution in [3.05, 3.63) is 17.8 Å². The Morgan fingerprint density at radius 3 is 2.42 bits per heavy atom. The number of rotatable bonds is 5. The number of nitrogens with one attached hydrogen (secondary N) is 2. The highest BCUT2D eigenvalue weighted by atomic mass is 16.2. The summed E-state index contributed by atoms with van der Waals surface area (Å²) in [6.45, 7) is 11.0. The zero-order chi connectivity index (χ0) is 14.5. The van der Waals surface area contributed by atoms with Gasteiger partial charge in [0.15, 0.2) is 5.69 Å². The number of nitrogens with zero attached hydrogens (tertiary/aromatic N) is 2. The van der Waals surface area contributed by atoms with Crippen LogP contribution in [-0.2, 0) is 0 Å². The topological polar surface area (TPSA) is 66.9 Å². The molecule has 0 fully saturated rings. The number of hydrogen-bond acceptors (Lipinski definition) is 4. The molecule has 2 N–H and O–H groups in total. The summed E-state index contributed by atoms with van der Waals surface area (Å²) in [5.74, 6) is 1.15. The Morgan fingerprint density at radius 1 is 1.26 bits per heavy atom. The molecule has 0 bridgehead atoms. The van der Waals surface area contributed by atoms with Gasteiger partial charge in [-0.05, 0) is 45.2 Å². The molecule has 5 nitrogen and oxygen atoms in total. The molecule has 0 saturated heterocycles. The summed E-state index contributed by atoms with van der Waals surface area (Å²) in [6, 6.07) is 3.47. The van der Waals surface area contributed by atoms with Gasteiger partial charge >= 0.3 is 0 Å². The SMILES string of the molecule is CC(C)CCNc1ccc(C(=O)NC(C)(C)C)nn1. The number of carbonyl (C=O) groups excluding carboxylic acids is 1. The van der Waals surface area contributed by atoms with E-state index in [1.54, 1.807) is 12.1 Å². The van der Waals surface area contributed by atoms with Gasteiger partial charge in [-0.2, -0.15) is 0 Å². The molecule has 0 radical (unpaired) electrons. The van der Waals surface area contributed by atoms with Crippen molar-refractivity contribution >= 4 is 11.7 Å². The second-order valence-corrected chi connectivity index (χ2v) is 6.12. The van der Waals surface area contributed by atoms with Crippen LogP contribution in [0, 0.1) is 5.92 Å². The molecule has 1 heterocycles. The van der Waals surface area contributed by atoms with Crippen LogP contribution in [0.1, 0.15) is 51.5 Å². The Morgan fingerprint density at radius 2 is 1.95 bits per heavy atom. The van der Waals surface area contributed by atoms with E-state index in [9.17, 15) is 4.79 Å². The average Bonchev–Trinajstić information content (AvgIpc) is 2.27. The summed E-state index contributed by atoms with van der Waals surface area (Å²) < 4.78 is 0. The Labute approximate surface area is 115 Å². The molecule has 1 rings (SSSR count). The highest BCUT2D eigenvalue weighted by molar-refractivity contribution is 5.92. The first kappa shape index (κ1) is 15.4. The Balaban J connectivity index is 2.54. The van der Waals surface area contributed by atoms with E-state index in [-0.39, 0.29) is 11.4 Å². The maximum absolute atomic E-state index is 11.8. The third kappa shape index (κ3) is 6.18. The Bertz CT molecular complexity index is 406. The van der Waals surface area contributed by atoms with Crippen LogP contribution in [0.5, 0.6) is 0 Å². The molecule has 0 aliphatic heterocycles. The number of aromatic nitrogens is 2. The third-order valence-corrected chi connectivity index (χ3v) is 2.41. The quantitative estimate of drug-likeness (QED) is 0.857. The molecular weight excluding hydrogens is 240 g/mol. The Kier molecular flexibility index (Phi) is 5.27. The van der Waals surface area contributed by atoms with Crippen molar-refractivity contribution in [2.24, 2.45) is 5.92 Å². The van der Waals surface area contributed by atoms with Gasteiger partial charge in [0.1, 0.15) is 5.82 Å². The lowest BCUT2D eigenvalue weighted by molar-refractivity contribution is 0.0913. The minimum atomic E-state index is -0.271. The maximum atomic E-state index is 11.8. The van der Waals surface area contributed by atoms with Crippen molar-refractivity contribution in [1.29, 1.82) is 0 Å². The van der Waals surface area contributed by atoms with E-state index in [4.69, 9.17) is 0 Å². The van der Waals surface area contributed by atoms with E-state index < -0.39 is 0 Å². The number of amides is 1. The van der Waals surface area contributed by atoms with E-state index >= 15 is 0 Å². The lowest BCUT2D eigenvalue weighted by atomic mass is 10.1. The zero-order valence-electron chi connectivity index (χ0n) is 12.4. The smallest absolute Gasteiger partial charge is 0.272 e. The number of anilines is 1. The van der Waals surface area contributed by atoms with E-state index in [1.807, 2.05) is 20.8 Å². The van der Waals surface area contributed by atoms with Crippen LogP contribution in [0.25, 0.3) is 0 Å². The summed E-state index contributed by atoms with van der Waals surface area (Å²) >= 11 is 0. The molecule has 0 atom stereocenters. The monoisotopic (exact) mass is 264 g/mol. The summed E-state index contributed by atoms with van der Waals surface area (Å²) in [5.41, 5.74) is 0.0665. The van der Waals surface area contributed by atoms with Crippen molar-refractivity contribution in [2.45, 2.75) is 46.6 Å². The fourth-order valence-corrected chi connectivity index (χ4v) is 1.44. The van der Waals surface area contributed by atoms with E-state index in [1.165, 1.54) is 0 Å². The first-order chi connectivity index (χ1) is 8.78. The van der Waals surface area contributed by atoms with Crippen molar-refractivity contribution in [3.8, 4) is 0 Å². The highest BCUT2D eigenvalue weighted by Crippen LogP contribution is 2.06. The molecule has 0 aliphatic rings. The second kappa shape index (κ2) is 6.50. The van der Waals surface area contributed by atoms with Crippen LogP contribution >= 0.6 is 0 Å². The maximum Gasteiger partial charge on any atom is 0.272 e. The molecule has 0 aliphatic carbocycles. The molecule has 1 aromatic rings. The summed E-state index contributed by atoms with van der Waals surface area (Å²) in [6.07, 6.45) is 1.08. The van der Waals surface area contributed by atoms with Gasteiger partial charge in [-0.3, -0.25) is 4.79 Å². The van der Waals surface area contributed by atoms with Gasteiger partial charge in [0, 0.05) is 12.1 Å². The first-order valence-electron chi connectivity index (χ1n) is 6.68. The van der Waals surface area contributed by atoms with Gasteiger partial charge in [-0.15, -0.1) is 10.2 Å². The van der Waals surface area contributed by atoms with Crippen molar-refractivity contribution < 1.29 is 4.79 Å². The van der Waals surface area contributed by atoms with Crippen LogP contribution < -0.4 is 10.6 Å². The molecule has 106 valence electrons. The van der Waals surface area contributed by atoms with Crippen LogP contribution in [0.15, 0.2) is 12.1 Å². The molecule has 0 spiro atoms.